The Bertz CT molecular complexity index is 390. The highest BCUT2D eigenvalue weighted by Crippen LogP contribution is 2.22. The number of ether oxygens (including phenoxy) is 1. The highest BCUT2D eigenvalue weighted by Gasteiger charge is 2.23. The fourth-order valence-electron chi connectivity index (χ4n) is 1.91. The van der Waals surface area contributed by atoms with E-state index in [-0.39, 0.29) is 0 Å². The minimum absolute atomic E-state index is 0.299. The van der Waals surface area contributed by atoms with Gasteiger partial charge in [0.2, 0.25) is 0 Å². The summed E-state index contributed by atoms with van der Waals surface area (Å²) >= 11 is 0. The molecule has 1 aliphatic heterocycles. The van der Waals surface area contributed by atoms with Gasteiger partial charge in [0.05, 0.1) is 24.9 Å². The molecule has 1 saturated heterocycles. The number of hydrogen-bond acceptors (Lipinski definition) is 5. The first-order chi connectivity index (χ1) is 7.98. The molecule has 1 aromatic rings. The molecule has 5 heteroatoms. The van der Waals surface area contributed by atoms with Gasteiger partial charge < -0.3 is 14.7 Å². The van der Waals surface area contributed by atoms with E-state index in [1.807, 2.05) is 6.07 Å². The monoisotopic (exact) mass is 237 g/mol. The van der Waals surface area contributed by atoms with E-state index < -0.39 is 5.60 Å². The lowest BCUT2D eigenvalue weighted by Gasteiger charge is -2.34. The van der Waals surface area contributed by atoms with Crippen LogP contribution in [0.3, 0.4) is 0 Å². The molecule has 2 heterocycles. The van der Waals surface area contributed by atoms with Crippen molar-refractivity contribution >= 4 is 5.82 Å². The SMILES string of the molecule is C[C@H]1COCCN1c1cc(C(C)(C)O)ncn1. The van der Waals surface area contributed by atoms with Crippen LogP contribution >= 0.6 is 0 Å². The molecule has 0 aromatic carbocycles. The molecule has 1 aromatic heterocycles. The average Bonchev–Trinajstić information content (AvgIpc) is 2.29. The number of hydrogen-bond donors (Lipinski definition) is 1. The molecule has 1 aliphatic rings. The van der Waals surface area contributed by atoms with E-state index in [2.05, 4.69) is 21.8 Å². The average molecular weight is 237 g/mol. The normalized spacial score (nSPS) is 21.6. The second-order valence-corrected chi connectivity index (χ2v) is 4.94. The molecule has 0 saturated carbocycles. The Balaban J connectivity index is 2.26. The summed E-state index contributed by atoms with van der Waals surface area (Å²) in [6, 6.07) is 2.15. The Labute approximate surface area is 101 Å². The lowest BCUT2D eigenvalue weighted by atomic mass is 10.1. The van der Waals surface area contributed by atoms with Gasteiger partial charge in [0, 0.05) is 12.6 Å². The summed E-state index contributed by atoms with van der Waals surface area (Å²) in [6.07, 6.45) is 1.50. The van der Waals surface area contributed by atoms with Gasteiger partial charge >= 0.3 is 0 Å². The Hall–Kier alpha value is -1.20. The zero-order valence-corrected chi connectivity index (χ0v) is 10.6. The fraction of sp³-hybridized carbons (Fsp3) is 0.667. The maximum absolute atomic E-state index is 9.94. The molecule has 1 N–H and O–H groups in total. The zero-order valence-electron chi connectivity index (χ0n) is 10.6. The summed E-state index contributed by atoms with van der Waals surface area (Å²) < 4.78 is 5.40. The molecule has 17 heavy (non-hydrogen) atoms. The number of nitrogens with zero attached hydrogens (tertiary/aromatic N) is 3. The van der Waals surface area contributed by atoms with Crippen LogP contribution in [-0.2, 0) is 10.3 Å². The van der Waals surface area contributed by atoms with Gasteiger partial charge in [-0.25, -0.2) is 9.97 Å². The van der Waals surface area contributed by atoms with Crippen LogP contribution in [0.15, 0.2) is 12.4 Å². The van der Waals surface area contributed by atoms with E-state index >= 15 is 0 Å². The van der Waals surface area contributed by atoms with Crippen molar-refractivity contribution in [1.29, 1.82) is 0 Å². The molecule has 1 fully saturated rings. The number of rotatable bonds is 2. The molecule has 0 unspecified atom stereocenters. The molecular formula is C12H19N3O2. The van der Waals surface area contributed by atoms with Gasteiger partial charge in [0.15, 0.2) is 0 Å². The first-order valence-corrected chi connectivity index (χ1v) is 5.88. The molecule has 2 rings (SSSR count). The molecule has 0 spiro atoms. The van der Waals surface area contributed by atoms with Gasteiger partial charge in [0.25, 0.3) is 0 Å². The molecule has 0 bridgehead atoms. The number of aliphatic hydroxyl groups is 1. The highest BCUT2D eigenvalue weighted by molar-refractivity contribution is 5.41. The van der Waals surface area contributed by atoms with Crippen LogP contribution in [0.4, 0.5) is 5.82 Å². The van der Waals surface area contributed by atoms with E-state index in [4.69, 9.17) is 4.74 Å². The Morgan fingerprint density at radius 2 is 2.24 bits per heavy atom. The first kappa shape index (κ1) is 12.3. The van der Waals surface area contributed by atoms with Gasteiger partial charge in [0.1, 0.15) is 17.7 Å². The molecule has 5 nitrogen and oxygen atoms in total. The van der Waals surface area contributed by atoms with Crippen molar-refractivity contribution in [3.8, 4) is 0 Å². The van der Waals surface area contributed by atoms with Crippen molar-refractivity contribution in [3.63, 3.8) is 0 Å². The number of morpholine rings is 1. The van der Waals surface area contributed by atoms with Crippen LogP contribution in [0.1, 0.15) is 26.5 Å². The van der Waals surface area contributed by atoms with E-state index in [1.165, 1.54) is 6.33 Å². The Kier molecular flexibility index (Phi) is 3.31. The number of anilines is 1. The van der Waals surface area contributed by atoms with Crippen molar-refractivity contribution in [1.82, 2.24) is 9.97 Å². The minimum atomic E-state index is -0.937. The first-order valence-electron chi connectivity index (χ1n) is 5.88. The minimum Gasteiger partial charge on any atom is -0.384 e. The third kappa shape index (κ3) is 2.73. The molecule has 0 aliphatic carbocycles. The predicted molar refractivity (Wildman–Crippen MR) is 64.9 cm³/mol. The molecule has 0 amide bonds. The topological polar surface area (TPSA) is 58.5 Å². The third-order valence-corrected chi connectivity index (χ3v) is 2.94. The largest absolute Gasteiger partial charge is 0.384 e. The van der Waals surface area contributed by atoms with Crippen LogP contribution in [0, 0.1) is 0 Å². The molecule has 94 valence electrons. The van der Waals surface area contributed by atoms with Crippen LogP contribution in [0.2, 0.25) is 0 Å². The van der Waals surface area contributed by atoms with E-state index in [0.717, 1.165) is 12.4 Å². The van der Waals surface area contributed by atoms with Gasteiger partial charge in [-0.15, -0.1) is 0 Å². The second-order valence-electron chi connectivity index (χ2n) is 4.94. The highest BCUT2D eigenvalue weighted by atomic mass is 16.5. The maximum Gasteiger partial charge on any atom is 0.132 e. The summed E-state index contributed by atoms with van der Waals surface area (Å²) in [5, 5.41) is 9.94. The summed E-state index contributed by atoms with van der Waals surface area (Å²) in [4.78, 5) is 10.6. The van der Waals surface area contributed by atoms with Crippen LogP contribution in [-0.4, -0.2) is 40.9 Å². The van der Waals surface area contributed by atoms with Crippen molar-refractivity contribution in [2.75, 3.05) is 24.7 Å². The van der Waals surface area contributed by atoms with Crippen molar-refractivity contribution in [2.45, 2.75) is 32.4 Å². The smallest absolute Gasteiger partial charge is 0.132 e. The van der Waals surface area contributed by atoms with Crippen LogP contribution < -0.4 is 4.90 Å². The van der Waals surface area contributed by atoms with Crippen molar-refractivity contribution in [2.24, 2.45) is 0 Å². The van der Waals surface area contributed by atoms with Crippen molar-refractivity contribution in [3.05, 3.63) is 18.1 Å². The van der Waals surface area contributed by atoms with Gasteiger partial charge in [-0.2, -0.15) is 0 Å². The van der Waals surface area contributed by atoms with Crippen LogP contribution in [0.25, 0.3) is 0 Å². The van der Waals surface area contributed by atoms with Gasteiger partial charge in [-0.05, 0) is 20.8 Å². The zero-order chi connectivity index (χ0) is 12.5. The Morgan fingerprint density at radius 1 is 1.47 bits per heavy atom. The summed E-state index contributed by atoms with van der Waals surface area (Å²) in [5.41, 5.74) is -0.297. The van der Waals surface area contributed by atoms with Crippen molar-refractivity contribution < 1.29 is 9.84 Å². The van der Waals surface area contributed by atoms with Gasteiger partial charge in [-0.1, -0.05) is 0 Å². The summed E-state index contributed by atoms with van der Waals surface area (Å²) in [6.45, 7) is 7.80. The standard InChI is InChI=1S/C12H19N3O2/c1-9-7-17-5-4-15(9)11-6-10(12(2,3)16)13-8-14-11/h6,8-9,16H,4-5,7H2,1-3H3/t9-/m0/s1. The molecule has 1 atom stereocenters. The van der Waals surface area contributed by atoms with E-state index in [9.17, 15) is 5.11 Å². The predicted octanol–water partition coefficient (Wildman–Crippen LogP) is 0.929. The van der Waals surface area contributed by atoms with Gasteiger partial charge in [-0.3, -0.25) is 0 Å². The lowest BCUT2D eigenvalue weighted by Crippen LogP contribution is -2.44. The third-order valence-electron chi connectivity index (χ3n) is 2.94. The van der Waals surface area contributed by atoms with E-state index in [1.54, 1.807) is 13.8 Å². The lowest BCUT2D eigenvalue weighted by molar-refractivity contribution is 0.0735. The quantitative estimate of drug-likeness (QED) is 0.829. The summed E-state index contributed by atoms with van der Waals surface area (Å²) in [7, 11) is 0. The fourth-order valence-corrected chi connectivity index (χ4v) is 1.91. The van der Waals surface area contributed by atoms with Crippen LogP contribution in [0.5, 0.6) is 0 Å². The molecule has 0 radical (unpaired) electrons. The number of aromatic nitrogens is 2. The van der Waals surface area contributed by atoms with E-state index in [0.29, 0.717) is 24.9 Å². The Morgan fingerprint density at radius 3 is 2.88 bits per heavy atom. The molecular weight excluding hydrogens is 218 g/mol. The maximum atomic E-state index is 9.94. The summed E-state index contributed by atoms with van der Waals surface area (Å²) in [5.74, 6) is 0.855. The second kappa shape index (κ2) is 4.58.